The Bertz CT molecular complexity index is 1400. The number of carbonyl (C=O) groups excluding carboxylic acids is 3. The monoisotopic (exact) mass is 524 g/mol. The number of thioether (sulfide) groups is 1. The van der Waals surface area contributed by atoms with Crippen molar-refractivity contribution in [1.29, 1.82) is 0 Å². The molecule has 0 radical (unpaired) electrons. The van der Waals surface area contributed by atoms with Gasteiger partial charge in [0.2, 0.25) is 5.76 Å². The molecule has 1 aliphatic rings. The van der Waals surface area contributed by atoms with Gasteiger partial charge in [-0.3, -0.25) is 24.6 Å². The number of ether oxygens (including phenoxy) is 3. The number of nitro groups is 1. The number of non-ortho nitro benzene ring substituents is 1. The van der Waals surface area contributed by atoms with Crippen molar-refractivity contribution < 1.29 is 37.9 Å². The number of nitrogens with zero attached hydrogens (tertiary/aromatic N) is 2. The van der Waals surface area contributed by atoms with Crippen molar-refractivity contribution in [2.45, 2.75) is 13.2 Å². The normalized spacial score (nSPS) is 14.2. The zero-order valence-electron chi connectivity index (χ0n) is 19.7. The largest absolute Gasteiger partial charge is 0.493 e. The summed E-state index contributed by atoms with van der Waals surface area (Å²) in [5.41, 5.74) is 1.34. The molecule has 0 atom stereocenters. The van der Waals surface area contributed by atoms with E-state index in [0.717, 1.165) is 22.2 Å². The number of nitro benzene ring substituents is 1. The molecular formula is C25H20N2O9S. The quantitative estimate of drug-likeness (QED) is 0.166. The van der Waals surface area contributed by atoms with Crippen LogP contribution in [0.2, 0.25) is 0 Å². The Morgan fingerprint density at radius 1 is 1.08 bits per heavy atom. The fraction of sp³-hybridized carbons (Fsp3) is 0.160. The number of furan rings is 1. The summed E-state index contributed by atoms with van der Waals surface area (Å²) in [7, 11) is 2.69. The molecule has 1 saturated heterocycles. The van der Waals surface area contributed by atoms with Gasteiger partial charge in [0, 0.05) is 12.1 Å². The van der Waals surface area contributed by atoms with E-state index in [2.05, 4.69) is 4.74 Å². The Kier molecular flexibility index (Phi) is 7.58. The van der Waals surface area contributed by atoms with Crippen molar-refractivity contribution in [2.24, 2.45) is 0 Å². The second-order valence-corrected chi connectivity index (χ2v) is 8.64. The average Bonchev–Trinajstić information content (AvgIpc) is 3.48. The molecule has 0 spiro atoms. The fourth-order valence-electron chi connectivity index (χ4n) is 3.38. The molecule has 0 aliphatic carbocycles. The summed E-state index contributed by atoms with van der Waals surface area (Å²) >= 11 is 0.787. The molecule has 12 heteroatoms. The van der Waals surface area contributed by atoms with Crippen molar-refractivity contribution in [3.63, 3.8) is 0 Å². The summed E-state index contributed by atoms with van der Waals surface area (Å²) in [6.07, 6.45) is 1.57. The first-order valence-electron chi connectivity index (χ1n) is 10.8. The van der Waals surface area contributed by atoms with Crippen LogP contribution in [0, 0.1) is 10.1 Å². The minimum Gasteiger partial charge on any atom is -0.493 e. The first-order valence-corrected chi connectivity index (χ1v) is 11.6. The maximum absolute atomic E-state index is 12.9. The molecule has 0 bridgehead atoms. The van der Waals surface area contributed by atoms with Crippen LogP contribution in [0.25, 0.3) is 6.08 Å². The zero-order chi connectivity index (χ0) is 26.5. The molecule has 2 amide bonds. The smallest absolute Gasteiger partial charge is 0.373 e. The van der Waals surface area contributed by atoms with Crippen LogP contribution in [0.3, 0.4) is 0 Å². The predicted molar refractivity (Wildman–Crippen MR) is 132 cm³/mol. The van der Waals surface area contributed by atoms with Gasteiger partial charge in [0.15, 0.2) is 11.5 Å². The molecule has 1 aliphatic heterocycles. The molecule has 1 aromatic heterocycles. The van der Waals surface area contributed by atoms with Gasteiger partial charge >= 0.3 is 5.97 Å². The third-order valence-corrected chi connectivity index (χ3v) is 6.17. The van der Waals surface area contributed by atoms with Crippen LogP contribution in [0.1, 0.15) is 27.4 Å². The zero-order valence-corrected chi connectivity index (χ0v) is 20.5. The molecule has 190 valence electrons. The van der Waals surface area contributed by atoms with E-state index in [4.69, 9.17) is 13.9 Å². The Morgan fingerprint density at radius 2 is 1.84 bits per heavy atom. The van der Waals surface area contributed by atoms with Crippen molar-refractivity contribution >= 4 is 40.6 Å². The van der Waals surface area contributed by atoms with Gasteiger partial charge < -0.3 is 18.6 Å². The Hall–Kier alpha value is -4.58. The second kappa shape index (κ2) is 11.0. The van der Waals surface area contributed by atoms with Gasteiger partial charge in [-0.15, -0.1) is 0 Å². The van der Waals surface area contributed by atoms with Gasteiger partial charge in [-0.05, 0) is 65.4 Å². The SMILES string of the molecule is COC(=O)c1ccc(CN2C(=O)S/C(=C/c3ccc(OCc4ccc([N+](=O)[O-])cc4)c(OC)c3)C2=O)o1. The molecule has 0 unspecified atom stereocenters. The topological polar surface area (TPSA) is 138 Å². The summed E-state index contributed by atoms with van der Waals surface area (Å²) in [4.78, 5) is 48.4. The Labute approximate surface area is 214 Å². The lowest BCUT2D eigenvalue weighted by Gasteiger charge is -2.12. The molecule has 0 saturated carbocycles. The number of esters is 1. The second-order valence-electron chi connectivity index (χ2n) is 7.65. The lowest BCUT2D eigenvalue weighted by Crippen LogP contribution is -2.27. The number of carbonyl (C=O) groups is 3. The minimum absolute atomic E-state index is 0.00907. The molecule has 2 heterocycles. The summed E-state index contributed by atoms with van der Waals surface area (Å²) < 4.78 is 21.1. The van der Waals surface area contributed by atoms with Gasteiger partial charge in [-0.2, -0.15) is 0 Å². The van der Waals surface area contributed by atoms with Crippen LogP contribution in [0.15, 0.2) is 63.9 Å². The maximum Gasteiger partial charge on any atom is 0.373 e. The number of imide groups is 1. The van der Waals surface area contributed by atoms with Gasteiger partial charge in [0.25, 0.3) is 16.8 Å². The molecule has 2 aromatic carbocycles. The molecule has 1 fully saturated rings. The number of methoxy groups -OCH3 is 2. The molecule has 0 N–H and O–H groups in total. The van der Waals surface area contributed by atoms with Crippen LogP contribution in [-0.4, -0.2) is 41.2 Å². The van der Waals surface area contributed by atoms with E-state index >= 15 is 0 Å². The summed E-state index contributed by atoms with van der Waals surface area (Å²) in [5.74, 6) is -0.0767. The number of rotatable bonds is 9. The minimum atomic E-state index is -0.658. The third kappa shape index (κ3) is 5.81. The molecule has 11 nitrogen and oxygen atoms in total. The van der Waals surface area contributed by atoms with E-state index in [1.807, 2.05) is 0 Å². The summed E-state index contributed by atoms with van der Waals surface area (Å²) in [5, 5.41) is 10.3. The highest BCUT2D eigenvalue weighted by Gasteiger charge is 2.35. The van der Waals surface area contributed by atoms with Crippen LogP contribution in [0.5, 0.6) is 11.5 Å². The fourth-order valence-corrected chi connectivity index (χ4v) is 4.22. The first-order chi connectivity index (χ1) is 17.8. The average molecular weight is 525 g/mol. The van der Waals surface area contributed by atoms with Crippen molar-refractivity contribution in [3.8, 4) is 11.5 Å². The predicted octanol–water partition coefficient (Wildman–Crippen LogP) is 4.80. The Balaban J connectivity index is 1.44. The molecule has 3 aromatic rings. The number of hydrogen-bond donors (Lipinski definition) is 0. The highest BCUT2D eigenvalue weighted by atomic mass is 32.2. The first kappa shape index (κ1) is 25.5. The van der Waals surface area contributed by atoms with Crippen molar-refractivity contribution in [3.05, 3.63) is 92.3 Å². The van der Waals surface area contributed by atoms with E-state index in [9.17, 15) is 24.5 Å². The highest BCUT2D eigenvalue weighted by Crippen LogP contribution is 2.35. The lowest BCUT2D eigenvalue weighted by molar-refractivity contribution is -0.384. The van der Waals surface area contributed by atoms with Gasteiger partial charge in [0.05, 0.1) is 30.6 Å². The van der Waals surface area contributed by atoms with Gasteiger partial charge in [-0.1, -0.05) is 6.07 Å². The van der Waals surface area contributed by atoms with E-state index in [0.29, 0.717) is 17.1 Å². The van der Waals surface area contributed by atoms with E-state index in [1.165, 1.54) is 38.5 Å². The van der Waals surface area contributed by atoms with E-state index in [-0.39, 0.29) is 35.3 Å². The van der Waals surface area contributed by atoms with Crippen molar-refractivity contribution in [2.75, 3.05) is 14.2 Å². The van der Waals surface area contributed by atoms with Gasteiger partial charge in [0.1, 0.15) is 12.4 Å². The van der Waals surface area contributed by atoms with Crippen LogP contribution in [0.4, 0.5) is 10.5 Å². The van der Waals surface area contributed by atoms with Gasteiger partial charge in [-0.25, -0.2) is 4.79 Å². The number of hydrogen-bond acceptors (Lipinski definition) is 10. The van der Waals surface area contributed by atoms with E-state index < -0.39 is 22.0 Å². The number of amides is 2. The highest BCUT2D eigenvalue weighted by molar-refractivity contribution is 8.18. The summed E-state index contributed by atoms with van der Waals surface area (Å²) in [6, 6.07) is 13.9. The standard InChI is InChI=1S/C25H20N2O9S/c1-33-21-11-16(5-9-19(21)35-14-15-3-6-17(7-4-15)27(31)32)12-22-23(28)26(25(30)37-22)13-18-8-10-20(36-18)24(29)34-2/h3-12H,13-14H2,1-2H3/b22-12+. The lowest BCUT2D eigenvalue weighted by atomic mass is 10.1. The summed E-state index contributed by atoms with van der Waals surface area (Å²) in [6.45, 7) is 0.0365. The molecule has 4 rings (SSSR count). The maximum atomic E-state index is 12.9. The van der Waals surface area contributed by atoms with Crippen LogP contribution in [-0.2, 0) is 22.7 Å². The molecule has 37 heavy (non-hydrogen) atoms. The van der Waals surface area contributed by atoms with Crippen LogP contribution >= 0.6 is 11.8 Å². The molecular weight excluding hydrogens is 504 g/mol. The van der Waals surface area contributed by atoms with Crippen LogP contribution < -0.4 is 9.47 Å². The van der Waals surface area contributed by atoms with E-state index in [1.54, 1.807) is 36.4 Å². The third-order valence-electron chi connectivity index (χ3n) is 5.26. The van der Waals surface area contributed by atoms with Crippen molar-refractivity contribution in [1.82, 2.24) is 4.90 Å². The Morgan fingerprint density at radius 3 is 2.51 bits per heavy atom. The number of benzene rings is 2.